The summed E-state index contributed by atoms with van der Waals surface area (Å²) in [6.07, 6.45) is 5.44. The first-order chi connectivity index (χ1) is 13.1. The van der Waals surface area contributed by atoms with Gasteiger partial charge in [0.2, 0.25) is 8.32 Å². The van der Waals surface area contributed by atoms with Crippen molar-refractivity contribution in [2.45, 2.75) is 52.6 Å². The molecule has 0 unspecified atom stereocenters. The quantitative estimate of drug-likeness (QED) is 0.513. The average Bonchev–Trinajstić information content (AvgIpc) is 2.64. The second-order valence-electron chi connectivity index (χ2n) is 8.29. The Morgan fingerprint density at radius 1 is 0.929 bits per heavy atom. The van der Waals surface area contributed by atoms with E-state index in [1.54, 1.807) is 12.1 Å². The molecule has 2 aromatic rings. The highest BCUT2D eigenvalue weighted by Gasteiger charge is 2.31. The molecule has 150 valence electrons. The molecule has 0 fully saturated rings. The van der Waals surface area contributed by atoms with Gasteiger partial charge in [-0.15, -0.1) is 6.42 Å². The number of benzene rings is 2. The van der Waals surface area contributed by atoms with Crippen LogP contribution in [0.5, 0.6) is 5.75 Å². The van der Waals surface area contributed by atoms with E-state index in [-0.39, 0.29) is 13.2 Å². The smallest absolute Gasteiger partial charge is 0.205 e. The third kappa shape index (κ3) is 5.80. The van der Waals surface area contributed by atoms with Crippen LogP contribution in [0, 0.1) is 12.3 Å². The molecule has 0 amide bonds. The summed E-state index contributed by atoms with van der Waals surface area (Å²) in [7, 11) is -3.53. The fourth-order valence-corrected chi connectivity index (χ4v) is 10.8. The maximum Gasteiger partial charge on any atom is 0.205 e. The molecule has 2 N–H and O–H groups in total. The van der Waals surface area contributed by atoms with Crippen LogP contribution in [0.2, 0.25) is 32.7 Å². The van der Waals surface area contributed by atoms with E-state index in [4.69, 9.17) is 15.3 Å². The van der Waals surface area contributed by atoms with E-state index in [0.717, 1.165) is 5.56 Å². The van der Waals surface area contributed by atoms with Crippen LogP contribution in [-0.2, 0) is 23.9 Å². The van der Waals surface area contributed by atoms with Crippen LogP contribution >= 0.6 is 0 Å². The number of hydrogen-bond donors (Lipinski definition) is 2. The van der Waals surface area contributed by atoms with Gasteiger partial charge in [0.05, 0.1) is 13.2 Å². The molecule has 0 saturated heterocycles. The molecule has 0 spiro atoms. The highest BCUT2D eigenvalue weighted by molar-refractivity contribution is 6.92. The number of aliphatic hydroxyl groups is 2. The molecule has 28 heavy (non-hydrogen) atoms. The first-order valence-corrected chi connectivity index (χ1v) is 15.7. The highest BCUT2D eigenvalue weighted by Crippen LogP contribution is 2.27. The fourth-order valence-electron chi connectivity index (χ4n) is 3.24. The van der Waals surface area contributed by atoms with E-state index in [2.05, 4.69) is 50.8 Å². The van der Waals surface area contributed by atoms with Crippen LogP contribution < -0.4 is 9.92 Å². The number of hydrogen-bond acceptors (Lipinski definition) is 4. The summed E-state index contributed by atoms with van der Waals surface area (Å²) in [5.41, 5.74) is 2.77. The standard InChI is InChI=1S/C22H30O4Si2/c1-7-17-12-19(14-23)22(20(13-17)15-24)25-16-18-8-10-21(11-9-18)28(5,6)26-27(2,3)4/h1,8-13,23-24H,14-16H2,2-6H3. The lowest BCUT2D eigenvalue weighted by Gasteiger charge is -2.31. The molecule has 0 radical (unpaired) electrons. The molecule has 2 aromatic carbocycles. The Morgan fingerprint density at radius 3 is 1.89 bits per heavy atom. The summed E-state index contributed by atoms with van der Waals surface area (Å²) in [4.78, 5) is 0. The van der Waals surface area contributed by atoms with Crippen molar-refractivity contribution in [2.75, 3.05) is 0 Å². The van der Waals surface area contributed by atoms with Crippen molar-refractivity contribution in [3.05, 3.63) is 58.7 Å². The Labute approximate surface area is 170 Å². The monoisotopic (exact) mass is 414 g/mol. The van der Waals surface area contributed by atoms with E-state index >= 15 is 0 Å². The molecule has 4 nitrogen and oxygen atoms in total. The lowest BCUT2D eigenvalue weighted by atomic mass is 10.0. The van der Waals surface area contributed by atoms with Crippen LogP contribution in [0.4, 0.5) is 0 Å². The minimum atomic E-state index is -1.93. The van der Waals surface area contributed by atoms with E-state index in [1.165, 1.54) is 5.19 Å². The van der Waals surface area contributed by atoms with Gasteiger partial charge in [-0.1, -0.05) is 30.2 Å². The first-order valence-electron chi connectivity index (χ1n) is 9.36. The van der Waals surface area contributed by atoms with E-state index in [0.29, 0.717) is 29.0 Å². The Morgan fingerprint density at radius 2 is 1.46 bits per heavy atom. The molecule has 0 bridgehead atoms. The van der Waals surface area contributed by atoms with Crippen LogP contribution in [0.25, 0.3) is 0 Å². The van der Waals surface area contributed by atoms with Crippen LogP contribution in [-0.4, -0.2) is 26.8 Å². The van der Waals surface area contributed by atoms with Gasteiger partial charge in [0, 0.05) is 16.7 Å². The van der Waals surface area contributed by atoms with Crippen molar-refractivity contribution in [2.24, 2.45) is 0 Å². The van der Waals surface area contributed by atoms with Crippen molar-refractivity contribution < 1.29 is 19.1 Å². The molecule has 2 rings (SSSR count). The predicted molar refractivity (Wildman–Crippen MR) is 119 cm³/mol. The van der Waals surface area contributed by atoms with Gasteiger partial charge >= 0.3 is 0 Å². The van der Waals surface area contributed by atoms with Gasteiger partial charge in [-0.3, -0.25) is 0 Å². The highest BCUT2D eigenvalue weighted by atomic mass is 28.4. The summed E-state index contributed by atoms with van der Waals surface area (Å²) in [6.45, 7) is 11.0. The molecule has 0 aliphatic rings. The van der Waals surface area contributed by atoms with E-state index < -0.39 is 16.6 Å². The van der Waals surface area contributed by atoms with Crippen molar-refractivity contribution in [3.63, 3.8) is 0 Å². The SMILES string of the molecule is C#Cc1cc(CO)c(OCc2ccc([Si](C)(C)O[Si](C)(C)C)cc2)c(CO)c1. The Balaban J connectivity index is 2.17. The zero-order chi connectivity index (χ0) is 20.9. The van der Waals surface area contributed by atoms with Crippen molar-refractivity contribution in [1.82, 2.24) is 0 Å². The molecular formula is C22H30O4Si2. The Bertz CT molecular complexity index is 821. The second-order valence-corrected chi connectivity index (χ2v) is 16.9. The Hall–Kier alpha value is -1.89. The second kappa shape index (κ2) is 9.08. The molecule has 0 heterocycles. The number of aliphatic hydroxyl groups excluding tert-OH is 2. The summed E-state index contributed by atoms with van der Waals surface area (Å²) in [5, 5.41) is 20.5. The predicted octanol–water partition coefficient (Wildman–Crippen LogP) is 3.50. The lowest BCUT2D eigenvalue weighted by Crippen LogP contribution is -2.51. The van der Waals surface area contributed by atoms with Gasteiger partial charge in [-0.2, -0.15) is 0 Å². The molecule has 0 aliphatic carbocycles. The van der Waals surface area contributed by atoms with Crippen molar-refractivity contribution in [3.8, 4) is 18.1 Å². The molecule has 0 atom stereocenters. The summed E-state index contributed by atoms with van der Waals surface area (Å²) in [6, 6.07) is 11.7. The molecular weight excluding hydrogens is 384 g/mol. The minimum absolute atomic E-state index is 0.204. The maximum absolute atomic E-state index is 9.64. The van der Waals surface area contributed by atoms with Crippen LogP contribution in [0.3, 0.4) is 0 Å². The zero-order valence-corrected chi connectivity index (χ0v) is 19.4. The van der Waals surface area contributed by atoms with E-state index in [9.17, 15) is 10.2 Å². The molecule has 0 aromatic heterocycles. The minimum Gasteiger partial charge on any atom is -0.488 e. The average molecular weight is 415 g/mol. The third-order valence-corrected chi connectivity index (χ3v) is 10.6. The summed E-state index contributed by atoms with van der Waals surface area (Å²) in [5.74, 6) is 3.02. The number of rotatable bonds is 8. The fraction of sp³-hybridized carbons (Fsp3) is 0.364. The molecule has 0 aliphatic heterocycles. The molecule has 6 heteroatoms. The maximum atomic E-state index is 9.64. The lowest BCUT2D eigenvalue weighted by molar-refractivity contribution is 0.242. The van der Waals surface area contributed by atoms with Gasteiger partial charge < -0.3 is 19.1 Å². The summed E-state index contributed by atoms with van der Waals surface area (Å²) >= 11 is 0. The van der Waals surface area contributed by atoms with Gasteiger partial charge in [0.1, 0.15) is 12.4 Å². The van der Waals surface area contributed by atoms with Gasteiger partial charge in [0.15, 0.2) is 8.32 Å². The van der Waals surface area contributed by atoms with Crippen LogP contribution in [0.15, 0.2) is 36.4 Å². The zero-order valence-electron chi connectivity index (χ0n) is 17.4. The van der Waals surface area contributed by atoms with E-state index in [1.807, 2.05) is 12.1 Å². The summed E-state index contributed by atoms with van der Waals surface area (Å²) < 4.78 is 12.4. The first kappa shape index (κ1) is 22.4. The van der Waals surface area contributed by atoms with Gasteiger partial charge in [0.25, 0.3) is 0 Å². The largest absolute Gasteiger partial charge is 0.488 e. The topological polar surface area (TPSA) is 58.9 Å². The number of terminal acetylenes is 1. The van der Waals surface area contributed by atoms with Gasteiger partial charge in [-0.25, -0.2) is 0 Å². The Kier molecular flexibility index (Phi) is 7.26. The molecule has 0 saturated carbocycles. The normalized spacial score (nSPS) is 11.9. The van der Waals surface area contributed by atoms with Gasteiger partial charge in [-0.05, 0) is 55.6 Å². The van der Waals surface area contributed by atoms with Crippen molar-refractivity contribution >= 4 is 21.8 Å². The van der Waals surface area contributed by atoms with Crippen molar-refractivity contribution in [1.29, 1.82) is 0 Å². The third-order valence-electron chi connectivity index (χ3n) is 4.34. The van der Waals surface area contributed by atoms with Crippen LogP contribution in [0.1, 0.15) is 22.3 Å². The number of ether oxygens (including phenoxy) is 1.